The number of methoxy groups -OCH3 is 2. The van der Waals surface area contributed by atoms with Crippen LogP contribution in [0.1, 0.15) is 17.5 Å². The van der Waals surface area contributed by atoms with E-state index in [1.807, 2.05) is 12.1 Å². The maximum absolute atomic E-state index is 13.3. The molecule has 0 radical (unpaired) electrons. The van der Waals surface area contributed by atoms with E-state index >= 15 is 0 Å². The fraction of sp³-hybridized carbons (Fsp3) is 0.391. The lowest BCUT2D eigenvalue weighted by atomic mass is 9.97. The standard InChI is InChI=1S/C23H24N2O6/c1-28-19-9-14-5-6-24(13-15(14)10-20(19)29-2)17-12-22(26)25(23(17)27)16-3-4-18-21(11-16)31-8-7-30-18/h3-4,9-11,17H,5-8,12-13H2,1-2H3/t17-/m1/s1. The number of rotatable bonds is 4. The summed E-state index contributed by atoms with van der Waals surface area (Å²) in [5, 5.41) is 0. The van der Waals surface area contributed by atoms with Gasteiger partial charge in [0, 0.05) is 19.2 Å². The molecule has 2 aromatic carbocycles. The second-order valence-corrected chi connectivity index (χ2v) is 7.81. The van der Waals surface area contributed by atoms with E-state index in [0.29, 0.717) is 55.0 Å². The summed E-state index contributed by atoms with van der Waals surface area (Å²) in [5.74, 6) is 2.14. The van der Waals surface area contributed by atoms with Crippen molar-refractivity contribution in [2.45, 2.75) is 25.4 Å². The number of fused-ring (bicyclic) bond motifs is 2. The SMILES string of the molecule is COc1cc2c(cc1OC)CN([C@@H]1CC(=O)N(c3ccc4c(c3)OCCO4)C1=O)CC2. The Hall–Kier alpha value is -3.26. The highest BCUT2D eigenvalue weighted by molar-refractivity contribution is 6.22. The Labute approximate surface area is 180 Å². The van der Waals surface area contributed by atoms with Crippen LogP contribution in [0.25, 0.3) is 0 Å². The molecule has 3 aliphatic rings. The van der Waals surface area contributed by atoms with Gasteiger partial charge in [-0.3, -0.25) is 14.5 Å². The van der Waals surface area contributed by atoms with Gasteiger partial charge in [0.25, 0.3) is 5.91 Å². The summed E-state index contributed by atoms with van der Waals surface area (Å²) < 4.78 is 22.0. The van der Waals surface area contributed by atoms with Gasteiger partial charge < -0.3 is 18.9 Å². The zero-order valence-corrected chi connectivity index (χ0v) is 17.6. The fourth-order valence-electron chi connectivity index (χ4n) is 4.51. The lowest BCUT2D eigenvalue weighted by molar-refractivity contribution is -0.123. The van der Waals surface area contributed by atoms with Crippen molar-refractivity contribution < 1.29 is 28.5 Å². The Morgan fingerprint density at radius 1 is 0.935 bits per heavy atom. The molecule has 0 unspecified atom stereocenters. The number of carbonyl (C=O) groups excluding carboxylic acids is 2. The second kappa shape index (κ2) is 7.77. The molecule has 31 heavy (non-hydrogen) atoms. The highest BCUT2D eigenvalue weighted by Crippen LogP contribution is 2.38. The molecule has 162 valence electrons. The maximum atomic E-state index is 13.3. The van der Waals surface area contributed by atoms with E-state index < -0.39 is 6.04 Å². The Balaban J connectivity index is 1.38. The molecule has 2 amide bonds. The van der Waals surface area contributed by atoms with Gasteiger partial charge in [0.15, 0.2) is 23.0 Å². The van der Waals surface area contributed by atoms with Crippen molar-refractivity contribution in [2.24, 2.45) is 0 Å². The maximum Gasteiger partial charge on any atom is 0.251 e. The first-order chi connectivity index (χ1) is 15.1. The summed E-state index contributed by atoms with van der Waals surface area (Å²) in [6, 6.07) is 8.65. The Morgan fingerprint density at radius 2 is 1.65 bits per heavy atom. The highest BCUT2D eigenvalue weighted by atomic mass is 16.6. The Kier molecular flexibility index (Phi) is 4.94. The molecule has 0 saturated carbocycles. The fourth-order valence-corrected chi connectivity index (χ4v) is 4.51. The number of ether oxygens (including phenoxy) is 4. The van der Waals surface area contributed by atoms with Crippen LogP contribution < -0.4 is 23.8 Å². The van der Waals surface area contributed by atoms with Crippen LogP contribution in [-0.4, -0.2) is 56.7 Å². The topological polar surface area (TPSA) is 77.5 Å². The minimum Gasteiger partial charge on any atom is -0.493 e. The van der Waals surface area contributed by atoms with Crippen molar-refractivity contribution in [3.8, 4) is 23.0 Å². The minimum atomic E-state index is -0.484. The highest BCUT2D eigenvalue weighted by Gasteiger charge is 2.43. The lowest BCUT2D eigenvalue weighted by Gasteiger charge is -2.32. The molecule has 1 saturated heterocycles. The molecule has 0 aliphatic carbocycles. The van der Waals surface area contributed by atoms with E-state index in [4.69, 9.17) is 18.9 Å². The van der Waals surface area contributed by atoms with Gasteiger partial charge >= 0.3 is 0 Å². The minimum absolute atomic E-state index is 0.163. The molecule has 0 aromatic heterocycles. The molecule has 3 aliphatic heterocycles. The number of imide groups is 1. The van der Waals surface area contributed by atoms with E-state index in [2.05, 4.69) is 4.90 Å². The van der Waals surface area contributed by atoms with Crippen LogP contribution in [0.5, 0.6) is 23.0 Å². The normalized spacial score (nSPS) is 20.6. The van der Waals surface area contributed by atoms with Crippen LogP contribution in [0, 0.1) is 0 Å². The van der Waals surface area contributed by atoms with Crippen molar-refractivity contribution in [3.05, 3.63) is 41.5 Å². The molecule has 2 aromatic rings. The average molecular weight is 424 g/mol. The molecule has 8 nitrogen and oxygen atoms in total. The third kappa shape index (κ3) is 3.37. The van der Waals surface area contributed by atoms with Crippen LogP contribution in [0.2, 0.25) is 0 Å². The van der Waals surface area contributed by atoms with E-state index in [0.717, 1.165) is 12.0 Å². The third-order valence-corrected chi connectivity index (χ3v) is 6.10. The van der Waals surface area contributed by atoms with Crippen molar-refractivity contribution in [3.63, 3.8) is 0 Å². The molecular weight excluding hydrogens is 400 g/mol. The third-order valence-electron chi connectivity index (χ3n) is 6.10. The molecule has 0 spiro atoms. The number of nitrogens with zero attached hydrogens (tertiary/aromatic N) is 2. The predicted octanol–water partition coefficient (Wildman–Crippen LogP) is 2.17. The lowest BCUT2D eigenvalue weighted by Crippen LogP contribution is -2.44. The van der Waals surface area contributed by atoms with Crippen LogP contribution in [0.15, 0.2) is 30.3 Å². The Morgan fingerprint density at radius 3 is 2.39 bits per heavy atom. The summed E-state index contributed by atoms with van der Waals surface area (Å²) in [7, 11) is 3.23. The van der Waals surface area contributed by atoms with E-state index in [-0.39, 0.29) is 18.2 Å². The monoisotopic (exact) mass is 424 g/mol. The molecule has 3 heterocycles. The first-order valence-corrected chi connectivity index (χ1v) is 10.3. The van der Waals surface area contributed by atoms with Crippen molar-refractivity contribution in [1.29, 1.82) is 0 Å². The number of hydrogen-bond donors (Lipinski definition) is 0. The number of carbonyl (C=O) groups is 2. The van der Waals surface area contributed by atoms with Gasteiger partial charge in [0.1, 0.15) is 13.2 Å². The number of anilines is 1. The van der Waals surface area contributed by atoms with Crippen LogP contribution in [-0.2, 0) is 22.6 Å². The number of benzene rings is 2. The zero-order chi connectivity index (χ0) is 21.5. The van der Waals surface area contributed by atoms with Gasteiger partial charge in [-0.05, 0) is 41.8 Å². The van der Waals surface area contributed by atoms with Gasteiger partial charge in [0.05, 0.1) is 32.4 Å². The summed E-state index contributed by atoms with van der Waals surface area (Å²) >= 11 is 0. The average Bonchev–Trinajstić information content (AvgIpc) is 3.11. The van der Waals surface area contributed by atoms with E-state index in [9.17, 15) is 9.59 Å². The number of amides is 2. The summed E-state index contributed by atoms with van der Waals surface area (Å²) in [6.07, 6.45) is 0.938. The van der Waals surface area contributed by atoms with E-state index in [1.54, 1.807) is 32.4 Å². The summed E-state index contributed by atoms with van der Waals surface area (Å²) in [5.41, 5.74) is 2.78. The molecule has 1 fully saturated rings. The van der Waals surface area contributed by atoms with Crippen LogP contribution >= 0.6 is 0 Å². The van der Waals surface area contributed by atoms with Gasteiger partial charge in [-0.2, -0.15) is 0 Å². The first-order valence-electron chi connectivity index (χ1n) is 10.3. The molecular formula is C23H24N2O6. The van der Waals surface area contributed by atoms with Gasteiger partial charge in [-0.15, -0.1) is 0 Å². The van der Waals surface area contributed by atoms with Crippen molar-refractivity contribution >= 4 is 17.5 Å². The Bertz CT molecular complexity index is 1050. The van der Waals surface area contributed by atoms with Crippen molar-refractivity contribution in [1.82, 2.24) is 4.90 Å². The second-order valence-electron chi connectivity index (χ2n) is 7.81. The smallest absolute Gasteiger partial charge is 0.251 e. The van der Waals surface area contributed by atoms with Crippen LogP contribution in [0.4, 0.5) is 5.69 Å². The first kappa shape index (κ1) is 19.7. The van der Waals surface area contributed by atoms with Crippen molar-refractivity contribution in [2.75, 3.05) is 38.9 Å². The van der Waals surface area contributed by atoms with E-state index in [1.165, 1.54) is 10.5 Å². The molecule has 1 atom stereocenters. The van der Waals surface area contributed by atoms with Gasteiger partial charge in [-0.25, -0.2) is 4.90 Å². The van der Waals surface area contributed by atoms with Crippen LogP contribution in [0.3, 0.4) is 0 Å². The van der Waals surface area contributed by atoms with Gasteiger partial charge in [-0.1, -0.05) is 0 Å². The quantitative estimate of drug-likeness (QED) is 0.696. The molecule has 0 N–H and O–H groups in total. The van der Waals surface area contributed by atoms with Gasteiger partial charge in [0.2, 0.25) is 5.91 Å². The summed E-state index contributed by atoms with van der Waals surface area (Å²) in [4.78, 5) is 29.4. The molecule has 5 rings (SSSR count). The molecule has 8 heteroatoms. The largest absolute Gasteiger partial charge is 0.493 e. The zero-order valence-electron chi connectivity index (χ0n) is 17.6. The molecule has 0 bridgehead atoms. The summed E-state index contributed by atoms with van der Waals surface area (Å²) in [6.45, 7) is 2.21. The predicted molar refractivity (Wildman–Crippen MR) is 112 cm³/mol. The number of hydrogen-bond acceptors (Lipinski definition) is 7.